The molecular weight excluding hydrogens is 815 g/mol. The highest BCUT2D eigenvalue weighted by molar-refractivity contribution is 5.76. The number of allylic oxidation sites excluding steroid dienone is 8. The monoisotopic (exact) mass is 926 g/mol. The van der Waals surface area contributed by atoms with Gasteiger partial charge in [-0.15, -0.1) is 0 Å². The fraction of sp³-hybridized carbons (Fsp3) is 0.833. The molecule has 0 radical (unpaired) electrons. The van der Waals surface area contributed by atoms with Gasteiger partial charge in [0, 0.05) is 12.8 Å². The van der Waals surface area contributed by atoms with E-state index >= 15 is 0 Å². The van der Waals surface area contributed by atoms with Gasteiger partial charge in [-0.3, -0.25) is 9.59 Å². The van der Waals surface area contributed by atoms with Crippen molar-refractivity contribution >= 4 is 11.9 Å². The van der Waals surface area contributed by atoms with Gasteiger partial charge in [-0.25, -0.2) is 0 Å². The van der Waals surface area contributed by atoms with Crippen LogP contribution in [0.25, 0.3) is 0 Å². The molecule has 3 N–H and O–H groups in total. The van der Waals surface area contributed by atoms with E-state index in [9.17, 15) is 19.8 Å². The van der Waals surface area contributed by atoms with Crippen LogP contribution in [-0.4, -0.2) is 47.4 Å². The Hall–Kier alpha value is -2.18. The molecule has 0 spiro atoms. The minimum atomic E-state index is -0.670. The van der Waals surface area contributed by atoms with Crippen LogP contribution in [0.3, 0.4) is 0 Å². The second-order valence-corrected chi connectivity index (χ2v) is 19.6. The Labute approximate surface area is 410 Å². The summed E-state index contributed by atoms with van der Waals surface area (Å²) in [6.45, 7) is 4.88. The Kier molecular flexibility index (Phi) is 53.6. The van der Waals surface area contributed by atoms with Crippen molar-refractivity contribution in [2.45, 2.75) is 309 Å². The third-order valence-electron chi connectivity index (χ3n) is 13.1. The quantitative estimate of drug-likeness (QED) is 0.0244. The summed E-state index contributed by atoms with van der Waals surface area (Å²) in [7, 11) is 0. The fourth-order valence-corrected chi connectivity index (χ4v) is 8.66. The summed E-state index contributed by atoms with van der Waals surface area (Å²) < 4.78 is 5.46. The van der Waals surface area contributed by atoms with Crippen molar-refractivity contribution in [3.8, 4) is 0 Å². The first-order valence-corrected chi connectivity index (χ1v) is 28.9. The SMILES string of the molecule is CCCCC/C=C\C/C=C\CCCCCCCCCCCC(=O)OCCCCC/C=C\C=C/CCCCCCCCCCCCC(=O)NC(CO)C(O)CCCCCCCCCCCCC. The molecule has 0 saturated heterocycles. The number of carbonyl (C=O) groups is 2. The van der Waals surface area contributed by atoms with Crippen molar-refractivity contribution in [2.24, 2.45) is 0 Å². The summed E-state index contributed by atoms with van der Waals surface area (Å²) in [5.74, 6) is -0.0643. The van der Waals surface area contributed by atoms with E-state index in [2.05, 4.69) is 67.8 Å². The summed E-state index contributed by atoms with van der Waals surface area (Å²) in [4.78, 5) is 24.5. The van der Waals surface area contributed by atoms with Crippen LogP contribution in [0.5, 0.6) is 0 Å². The number of carbonyl (C=O) groups excluding carboxylic acids is 2. The summed E-state index contributed by atoms with van der Waals surface area (Å²) in [5.41, 5.74) is 0. The van der Waals surface area contributed by atoms with Gasteiger partial charge in [-0.05, 0) is 89.9 Å². The number of aliphatic hydroxyl groups excluding tert-OH is 2. The van der Waals surface area contributed by atoms with E-state index in [0.717, 1.165) is 77.0 Å². The van der Waals surface area contributed by atoms with Crippen molar-refractivity contribution in [2.75, 3.05) is 13.2 Å². The highest BCUT2D eigenvalue weighted by Crippen LogP contribution is 2.16. The molecule has 0 aliphatic heterocycles. The highest BCUT2D eigenvalue weighted by atomic mass is 16.5. The molecule has 0 aromatic carbocycles. The Morgan fingerprint density at radius 1 is 0.439 bits per heavy atom. The van der Waals surface area contributed by atoms with Gasteiger partial charge < -0.3 is 20.3 Å². The molecule has 2 atom stereocenters. The molecule has 0 saturated carbocycles. The van der Waals surface area contributed by atoms with Crippen molar-refractivity contribution < 1.29 is 24.5 Å². The maximum Gasteiger partial charge on any atom is 0.305 e. The fourth-order valence-electron chi connectivity index (χ4n) is 8.66. The van der Waals surface area contributed by atoms with Gasteiger partial charge >= 0.3 is 5.97 Å². The number of hydrogen-bond acceptors (Lipinski definition) is 5. The maximum absolute atomic E-state index is 12.4. The molecule has 66 heavy (non-hydrogen) atoms. The highest BCUT2D eigenvalue weighted by Gasteiger charge is 2.20. The molecule has 386 valence electrons. The number of amides is 1. The summed E-state index contributed by atoms with van der Waals surface area (Å²) in [6, 6.07) is -0.549. The molecule has 0 rings (SSSR count). The molecule has 0 bridgehead atoms. The summed E-state index contributed by atoms with van der Waals surface area (Å²) in [5, 5.41) is 23.2. The molecule has 0 fully saturated rings. The van der Waals surface area contributed by atoms with E-state index < -0.39 is 12.1 Å². The van der Waals surface area contributed by atoms with Crippen molar-refractivity contribution in [1.82, 2.24) is 5.32 Å². The first-order chi connectivity index (χ1) is 32.5. The number of unbranched alkanes of at least 4 members (excludes halogenated alkanes) is 35. The number of rotatable bonds is 53. The molecule has 0 aliphatic rings. The molecule has 0 aromatic rings. The van der Waals surface area contributed by atoms with Gasteiger partial charge in [-0.2, -0.15) is 0 Å². The van der Waals surface area contributed by atoms with Gasteiger partial charge in [-0.1, -0.05) is 242 Å². The predicted octanol–water partition coefficient (Wildman–Crippen LogP) is 17.8. The van der Waals surface area contributed by atoms with Crippen molar-refractivity contribution in [1.29, 1.82) is 0 Å². The number of aliphatic hydroxyl groups is 2. The Morgan fingerprint density at radius 2 is 0.803 bits per heavy atom. The van der Waals surface area contributed by atoms with Gasteiger partial charge in [0.25, 0.3) is 0 Å². The van der Waals surface area contributed by atoms with Crippen LogP contribution >= 0.6 is 0 Å². The Bertz CT molecular complexity index is 1110. The third-order valence-corrected chi connectivity index (χ3v) is 13.1. The van der Waals surface area contributed by atoms with Crippen LogP contribution in [0, 0.1) is 0 Å². The molecule has 1 amide bonds. The number of nitrogens with one attached hydrogen (secondary N) is 1. The summed E-state index contributed by atoms with van der Waals surface area (Å²) in [6.07, 6.45) is 69.6. The average molecular weight is 927 g/mol. The standard InChI is InChI=1S/C60H111NO5/c1-3-5-7-9-11-13-15-16-17-18-20-24-27-30-34-38-42-46-50-54-60(65)66-55-51-47-43-39-35-31-28-25-22-19-21-23-26-29-33-37-41-45-49-53-59(64)61-57(56-62)58(63)52-48-44-40-36-32-14-12-10-8-6-4-2/h11,13,16-17,25,28,31,35,57-58,62-63H,3-10,12,14-15,18-24,26-27,29-30,32-34,36-56H2,1-2H3,(H,61,64)/b13-11-,17-16-,28-25-,35-31-. The zero-order valence-corrected chi connectivity index (χ0v) is 43.9. The Balaban J connectivity index is 3.46. The van der Waals surface area contributed by atoms with E-state index in [1.54, 1.807) is 0 Å². The minimum absolute atomic E-state index is 0.0176. The zero-order chi connectivity index (χ0) is 47.9. The van der Waals surface area contributed by atoms with Gasteiger partial charge in [0.15, 0.2) is 0 Å². The van der Waals surface area contributed by atoms with Gasteiger partial charge in [0.2, 0.25) is 5.91 Å². The number of esters is 1. The second-order valence-electron chi connectivity index (χ2n) is 19.6. The van der Waals surface area contributed by atoms with Gasteiger partial charge in [0.1, 0.15) is 0 Å². The van der Waals surface area contributed by atoms with Crippen molar-refractivity contribution in [3.63, 3.8) is 0 Å². The number of ether oxygens (including phenoxy) is 1. The van der Waals surface area contributed by atoms with E-state index in [4.69, 9.17) is 4.74 Å². The van der Waals surface area contributed by atoms with Crippen LogP contribution in [0.2, 0.25) is 0 Å². The first kappa shape index (κ1) is 63.8. The van der Waals surface area contributed by atoms with E-state index in [-0.39, 0.29) is 18.5 Å². The molecule has 6 heteroatoms. The van der Waals surface area contributed by atoms with Crippen LogP contribution < -0.4 is 5.32 Å². The lowest BCUT2D eigenvalue weighted by Crippen LogP contribution is -2.45. The zero-order valence-electron chi connectivity index (χ0n) is 43.9. The second kappa shape index (κ2) is 55.4. The molecule has 0 aromatic heterocycles. The predicted molar refractivity (Wildman–Crippen MR) is 287 cm³/mol. The van der Waals surface area contributed by atoms with E-state index in [1.165, 1.54) is 186 Å². The lowest BCUT2D eigenvalue weighted by molar-refractivity contribution is -0.143. The lowest BCUT2D eigenvalue weighted by Gasteiger charge is -2.22. The maximum atomic E-state index is 12.4. The summed E-state index contributed by atoms with van der Waals surface area (Å²) >= 11 is 0. The van der Waals surface area contributed by atoms with Gasteiger partial charge in [0.05, 0.1) is 25.4 Å². The molecule has 2 unspecified atom stereocenters. The minimum Gasteiger partial charge on any atom is -0.466 e. The lowest BCUT2D eigenvalue weighted by atomic mass is 10.0. The van der Waals surface area contributed by atoms with Crippen LogP contribution in [-0.2, 0) is 14.3 Å². The van der Waals surface area contributed by atoms with E-state index in [0.29, 0.717) is 25.9 Å². The topological polar surface area (TPSA) is 95.9 Å². The van der Waals surface area contributed by atoms with E-state index in [1.807, 2.05) is 0 Å². The van der Waals surface area contributed by atoms with Crippen LogP contribution in [0.15, 0.2) is 48.6 Å². The first-order valence-electron chi connectivity index (χ1n) is 28.9. The number of hydrogen-bond donors (Lipinski definition) is 3. The average Bonchev–Trinajstić information content (AvgIpc) is 3.32. The molecule has 6 nitrogen and oxygen atoms in total. The Morgan fingerprint density at radius 3 is 1.27 bits per heavy atom. The van der Waals surface area contributed by atoms with Crippen LogP contribution in [0.4, 0.5) is 0 Å². The largest absolute Gasteiger partial charge is 0.466 e. The molecule has 0 aliphatic carbocycles. The smallest absolute Gasteiger partial charge is 0.305 e. The van der Waals surface area contributed by atoms with Crippen LogP contribution in [0.1, 0.15) is 296 Å². The third kappa shape index (κ3) is 51.2. The normalized spacial score (nSPS) is 13.0. The van der Waals surface area contributed by atoms with Crippen molar-refractivity contribution in [3.05, 3.63) is 48.6 Å². The molecule has 0 heterocycles. The molecular formula is C60H111NO5.